The summed E-state index contributed by atoms with van der Waals surface area (Å²) in [7, 11) is 0. The molecule has 3 rings (SSSR count). The molecule has 0 saturated carbocycles. The normalized spacial score (nSPS) is 21.1. The van der Waals surface area contributed by atoms with Gasteiger partial charge in [-0.15, -0.1) is 0 Å². The lowest BCUT2D eigenvalue weighted by atomic mass is 9.87. The van der Waals surface area contributed by atoms with Crippen molar-refractivity contribution in [2.45, 2.75) is 25.0 Å². The first-order valence-electron chi connectivity index (χ1n) is 6.17. The zero-order valence-electron chi connectivity index (χ0n) is 9.97. The van der Waals surface area contributed by atoms with Crippen LogP contribution >= 0.6 is 0 Å². The highest BCUT2D eigenvalue weighted by Crippen LogP contribution is 2.52. The lowest BCUT2D eigenvalue weighted by molar-refractivity contribution is 0.325. The van der Waals surface area contributed by atoms with Crippen LogP contribution in [-0.2, 0) is 10.3 Å². The van der Waals surface area contributed by atoms with Gasteiger partial charge in [0, 0.05) is 0 Å². The van der Waals surface area contributed by atoms with Gasteiger partial charge in [0.1, 0.15) is 5.60 Å². The number of ether oxygens (including phenoxy) is 1. The van der Waals surface area contributed by atoms with Crippen molar-refractivity contribution in [3.05, 3.63) is 71.8 Å². The number of rotatable bonds is 3. The van der Waals surface area contributed by atoms with E-state index in [2.05, 4.69) is 55.5 Å². The van der Waals surface area contributed by atoms with Crippen LogP contribution in [0.5, 0.6) is 0 Å². The third-order valence-corrected chi connectivity index (χ3v) is 3.50. The van der Waals surface area contributed by atoms with E-state index in [-0.39, 0.29) is 5.60 Å². The third kappa shape index (κ3) is 1.58. The standard InChI is InChI=1S/C16H16O/c1-2-15-16(17-15,13-9-5-3-6-10-13)14-11-7-4-8-12-14/h3-12,15H,2H2,1H3. The molecule has 1 aliphatic rings. The van der Waals surface area contributed by atoms with Gasteiger partial charge in [-0.3, -0.25) is 0 Å². The Morgan fingerprint density at radius 3 is 1.71 bits per heavy atom. The maximum absolute atomic E-state index is 6.03. The molecule has 86 valence electrons. The quantitative estimate of drug-likeness (QED) is 0.723. The van der Waals surface area contributed by atoms with Crippen molar-refractivity contribution in [3.8, 4) is 0 Å². The zero-order chi connectivity index (χ0) is 11.7. The SMILES string of the molecule is CCC1OC1(c1ccccc1)c1ccccc1. The molecule has 1 saturated heterocycles. The second kappa shape index (κ2) is 4.01. The van der Waals surface area contributed by atoms with Crippen LogP contribution in [-0.4, -0.2) is 6.10 Å². The lowest BCUT2D eigenvalue weighted by Gasteiger charge is -2.13. The first-order chi connectivity index (χ1) is 8.38. The van der Waals surface area contributed by atoms with Crippen LogP contribution in [0, 0.1) is 0 Å². The molecule has 1 heterocycles. The zero-order valence-corrected chi connectivity index (χ0v) is 9.97. The lowest BCUT2D eigenvalue weighted by Crippen LogP contribution is -2.14. The summed E-state index contributed by atoms with van der Waals surface area (Å²) in [6, 6.07) is 21.0. The van der Waals surface area contributed by atoms with Crippen molar-refractivity contribution in [2.75, 3.05) is 0 Å². The van der Waals surface area contributed by atoms with Gasteiger partial charge in [-0.2, -0.15) is 0 Å². The molecule has 0 aliphatic carbocycles. The average molecular weight is 224 g/mol. The van der Waals surface area contributed by atoms with Crippen LogP contribution in [0.25, 0.3) is 0 Å². The molecule has 0 spiro atoms. The summed E-state index contributed by atoms with van der Waals surface area (Å²) in [4.78, 5) is 0. The molecule has 1 heteroatoms. The third-order valence-electron chi connectivity index (χ3n) is 3.50. The fraction of sp³-hybridized carbons (Fsp3) is 0.250. The fourth-order valence-electron chi connectivity index (χ4n) is 2.61. The Morgan fingerprint density at radius 1 is 0.882 bits per heavy atom. The smallest absolute Gasteiger partial charge is 0.145 e. The van der Waals surface area contributed by atoms with Crippen LogP contribution in [0.4, 0.5) is 0 Å². The largest absolute Gasteiger partial charge is 0.356 e. The van der Waals surface area contributed by atoms with Gasteiger partial charge in [-0.1, -0.05) is 67.6 Å². The van der Waals surface area contributed by atoms with Crippen LogP contribution in [0.3, 0.4) is 0 Å². The number of hydrogen-bond donors (Lipinski definition) is 0. The Balaban J connectivity index is 2.08. The molecule has 2 aromatic rings. The Morgan fingerprint density at radius 2 is 1.35 bits per heavy atom. The molecule has 0 bridgehead atoms. The van der Waals surface area contributed by atoms with Crippen LogP contribution in [0.2, 0.25) is 0 Å². The fourth-order valence-corrected chi connectivity index (χ4v) is 2.61. The van der Waals surface area contributed by atoms with Gasteiger partial charge in [0.15, 0.2) is 0 Å². The van der Waals surface area contributed by atoms with Gasteiger partial charge in [0.25, 0.3) is 0 Å². The van der Waals surface area contributed by atoms with Crippen molar-refractivity contribution in [1.29, 1.82) is 0 Å². The van der Waals surface area contributed by atoms with Crippen molar-refractivity contribution in [1.82, 2.24) is 0 Å². The molecule has 0 amide bonds. The predicted octanol–water partition coefficient (Wildman–Crippen LogP) is 3.74. The van der Waals surface area contributed by atoms with Crippen LogP contribution in [0.1, 0.15) is 24.5 Å². The highest BCUT2D eigenvalue weighted by Gasteiger charge is 2.57. The molecule has 1 unspecified atom stereocenters. The first kappa shape index (κ1) is 10.5. The van der Waals surface area contributed by atoms with Gasteiger partial charge < -0.3 is 4.74 Å². The molecular weight excluding hydrogens is 208 g/mol. The monoisotopic (exact) mass is 224 g/mol. The molecule has 1 atom stereocenters. The molecule has 2 aromatic carbocycles. The van der Waals surface area contributed by atoms with E-state index in [1.54, 1.807) is 0 Å². The van der Waals surface area contributed by atoms with E-state index in [1.807, 2.05) is 12.1 Å². The molecule has 0 N–H and O–H groups in total. The van der Waals surface area contributed by atoms with Gasteiger partial charge in [-0.05, 0) is 17.5 Å². The number of epoxide rings is 1. The van der Waals surface area contributed by atoms with Crippen molar-refractivity contribution >= 4 is 0 Å². The van der Waals surface area contributed by atoms with Crippen LogP contribution in [0.15, 0.2) is 60.7 Å². The van der Waals surface area contributed by atoms with E-state index in [0.29, 0.717) is 6.10 Å². The molecule has 17 heavy (non-hydrogen) atoms. The van der Waals surface area contributed by atoms with Crippen molar-refractivity contribution in [3.63, 3.8) is 0 Å². The minimum absolute atomic E-state index is 0.197. The van der Waals surface area contributed by atoms with E-state index < -0.39 is 0 Å². The van der Waals surface area contributed by atoms with E-state index in [1.165, 1.54) is 11.1 Å². The van der Waals surface area contributed by atoms with Crippen LogP contribution < -0.4 is 0 Å². The Hall–Kier alpha value is -1.60. The van der Waals surface area contributed by atoms with E-state index >= 15 is 0 Å². The summed E-state index contributed by atoms with van der Waals surface area (Å²) in [5.41, 5.74) is 2.33. The number of benzene rings is 2. The molecule has 1 fully saturated rings. The Kier molecular flexibility index (Phi) is 2.49. The highest BCUT2D eigenvalue weighted by atomic mass is 16.6. The van der Waals surface area contributed by atoms with Gasteiger partial charge in [0.05, 0.1) is 6.10 Å². The number of hydrogen-bond acceptors (Lipinski definition) is 1. The Labute approximate surface area is 102 Å². The Bertz CT molecular complexity index is 450. The first-order valence-corrected chi connectivity index (χ1v) is 6.17. The molecule has 0 aromatic heterocycles. The van der Waals surface area contributed by atoms with E-state index in [9.17, 15) is 0 Å². The molecule has 1 nitrogen and oxygen atoms in total. The predicted molar refractivity (Wildman–Crippen MR) is 68.8 cm³/mol. The molecule has 1 aliphatic heterocycles. The van der Waals surface area contributed by atoms with E-state index in [4.69, 9.17) is 4.74 Å². The van der Waals surface area contributed by atoms with Gasteiger partial charge in [-0.25, -0.2) is 0 Å². The van der Waals surface area contributed by atoms with E-state index in [0.717, 1.165) is 6.42 Å². The maximum atomic E-state index is 6.03. The van der Waals surface area contributed by atoms with Crippen molar-refractivity contribution < 1.29 is 4.74 Å². The second-order valence-electron chi connectivity index (χ2n) is 4.48. The molecular formula is C16H16O. The summed E-state index contributed by atoms with van der Waals surface area (Å²) in [5, 5.41) is 0. The topological polar surface area (TPSA) is 12.5 Å². The maximum Gasteiger partial charge on any atom is 0.145 e. The summed E-state index contributed by atoms with van der Waals surface area (Å²) in [6.45, 7) is 2.18. The van der Waals surface area contributed by atoms with Gasteiger partial charge in [0.2, 0.25) is 0 Å². The summed E-state index contributed by atoms with van der Waals surface area (Å²) in [6.07, 6.45) is 1.36. The summed E-state index contributed by atoms with van der Waals surface area (Å²) >= 11 is 0. The van der Waals surface area contributed by atoms with Gasteiger partial charge >= 0.3 is 0 Å². The minimum Gasteiger partial charge on any atom is -0.356 e. The molecule has 0 radical (unpaired) electrons. The average Bonchev–Trinajstić information content (AvgIpc) is 3.17. The minimum atomic E-state index is -0.197. The second-order valence-corrected chi connectivity index (χ2v) is 4.48. The summed E-state index contributed by atoms with van der Waals surface area (Å²) in [5.74, 6) is 0. The van der Waals surface area contributed by atoms with Crippen molar-refractivity contribution in [2.24, 2.45) is 0 Å². The summed E-state index contributed by atoms with van der Waals surface area (Å²) < 4.78 is 6.03. The highest BCUT2D eigenvalue weighted by molar-refractivity contribution is 5.42.